The Morgan fingerprint density at radius 3 is 2.41 bits per heavy atom. The van der Waals surface area contributed by atoms with Crippen LogP contribution in [0.15, 0.2) is 42.5 Å². The molecule has 1 nitrogen and oxygen atoms in total. The van der Waals surface area contributed by atoms with E-state index in [2.05, 4.69) is 43.2 Å². The lowest BCUT2D eigenvalue weighted by atomic mass is 9.96. The van der Waals surface area contributed by atoms with Crippen molar-refractivity contribution < 1.29 is 4.74 Å². The standard InChI is InChI=1S/C21H24O/c1-4-7-8-9-17-10-15-21(18(5-2)16-17)19-11-13-20(14-12-19)22-6-3/h2,10-16H,4,6-9H2,1,3H3. The average molecular weight is 292 g/mol. The fraction of sp³-hybridized carbons (Fsp3) is 0.333. The van der Waals surface area contributed by atoms with Crippen LogP contribution >= 0.6 is 0 Å². The second-order valence-corrected chi connectivity index (χ2v) is 5.44. The van der Waals surface area contributed by atoms with Crippen molar-refractivity contribution in [2.75, 3.05) is 6.61 Å². The second kappa shape index (κ2) is 8.29. The summed E-state index contributed by atoms with van der Waals surface area (Å²) in [5.41, 5.74) is 4.55. The Labute approximate surface area is 134 Å². The van der Waals surface area contributed by atoms with Gasteiger partial charge in [-0.3, -0.25) is 0 Å². The molecule has 1 heteroatoms. The molecule has 0 aliphatic rings. The molecule has 0 bridgehead atoms. The third-order valence-corrected chi connectivity index (χ3v) is 3.78. The van der Waals surface area contributed by atoms with Gasteiger partial charge in [0.15, 0.2) is 0 Å². The highest BCUT2D eigenvalue weighted by Crippen LogP contribution is 2.27. The molecule has 2 rings (SSSR count). The number of aryl methyl sites for hydroxylation is 1. The average Bonchev–Trinajstić information content (AvgIpc) is 2.56. The summed E-state index contributed by atoms with van der Waals surface area (Å²) < 4.78 is 5.49. The van der Waals surface area contributed by atoms with E-state index in [1.54, 1.807) is 0 Å². The van der Waals surface area contributed by atoms with Gasteiger partial charge in [0.25, 0.3) is 0 Å². The van der Waals surface area contributed by atoms with Crippen LogP contribution in [-0.2, 0) is 6.42 Å². The van der Waals surface area contributed by atoms with Gasteiger partial charge in [0.05, 0.1) is 6.61 Å². The van der Waals surface area contributed by atoms with Crippen LogP contribution in [-0.4, -0.2) is 6.61 Å². The summed E-state index contributed by atoms with van der Waals surface area (Å²) in [6, 6.07) is 14.6. The molecule has 0 aliphatic heterocycles. The van der Waals surface area contributed by atoms with Crippen molar-refractivity contribution in [2.24, 2.45) is 0 Å². The molecule has 0 spiro atoms. The number of ether oxygens (including phenoxy) is 1. The van der Waals surface area contributed by atoms with Gasteiger partial charge in [-0.05, 0) is 54.7 Å². The zero-order valence-electron chi connectivity index (χ0n) is 13.6. The van der Waals surface area contributed by atoms with E-state index in [9.17, 15) is 0 Å². The molecule has 0 amide bonds. The fourth-order valence-corrected chi connectivity index (χ4v) is 2.59. The van der Waals surface area contributed by atoms with E-state index in [-0.39, 0.29) is 0 Å². The molecule has 0 aromatic heterocycles. The third-order valence-electron chi connectivity index (χ3n) is 3.78. The maximum atomic E-state index is 5.71. The van der Waals surface area contributed by atoms with Gasteiger partial charge in [-0.25, -0.2) is 0 Å². The summed E-state index contributed by atoms with van der Waals surface area (Å²) in [4.78, 5) is 0. The molecule has 0 fully saturated rings. The van der Waals surface area contributed by atoms with Gasteiger partial charge < -0.3 is 4.74 Å². The van der Waals surface area contributed by atoms with Crippen LogP contribution in [0.25, 0.3) is 11.1 Å². The van der Waals surface area contributed by atoms with E-state index in [0.29, 0.717) is 6.61 Å². The van der Waals surface area contributed by atoms with Gasteiger partial charge >= 0.3 is 0 Å². The molecule has 0 atom stereocenters. The molecule has 0 saturated carbocycles. The Bertz CT molecular complexity index is 632. The van der Waals surface area contributed by atoms with Crippen LogP contribution in [0.3, 0.4) is 0 Å². The lowest BCUT2D eigenvalue weighted by Crippen LogP contribution is -1.92. The molecule has 114 valence electrons. The molecule has 0 N–H and O–H groups in total. The van der Waals surface area contributed by atoms with E-state index in [4.69, 9.17) is 11.2 Å². The molecule has 0 aliphatic carbocycles. The van der Waals surface area contributed by atoms with Crippen LogP contribution in [0.5, 0.6) is 5.75 Å². The first-order valence-electron chi connectivity index (χ1n) is 8.11. The highest BCUT2D eigenvalue weighted by Gasteiger charge is 2.05. The van der Waals surface area contributed by atoms with Gasteiger partial charge in [0.2, 0.25) is 0 Å². The summed E-state index contributed by atoms with van der Waals surface area (Å²) in [6.45, 7) is 4.89. The van der Waals surface area contributed by atoms with Gasteiger partial charge in [-0.2, -0.15) is 0 Å². The quantitative estimate of drug-likeness (QED) is 0.486. The van der Waals surface area contributed by atoms with E-state index in [1.807, 2.05) is 19.1 Å². The highest BCUT2D eigenvalue weighted by molar-refractivity contribution is 5.72. The van der Waals surface area contributed by atoms with E-state index >= 15 is 0 Å². The van der Waals surface area contributed by atoms with E-state index in [1.165, 1.54) is 24.8 Å². The monoisotopic (exact) mass is 292 g/mol. The maximum absolute atomic E-state index is 5.71. The molecule has 0 saturated heterocycles. The van der Waals surface area contributed by atoms with Crippen molar-refractivity contribution >= 4 is 0 Å². The van der Waals surface area contributed by atoms with Crippen LogP contribution in [0.2, 0.25) is 0 Å². The first-order chi connectivity index (χ1) is 10.8. The number of terminal acetylenes is 1. The molecule has 0 unspecified atom stereocenters. The Morgan fingerprint density at radius 1 is 1.00 bits per heavy atom. The van der Waals surface area contributed by atoms with Crippen molar-refractivity contribution in [3.05, 3.63) is 53.6 Å². The molecule has 2 aromatic carbocycles. The zero-order valence-corrected chi connectivity index (χ0v) is 13.6. The summed E-state index contributed by atoms with van der Waals surface area (Å²) in [5.74, 6) is 3.73. The number of benzene rings is 2. The summed E-state index contributed by atoms with van der Waals surface area (Å²) in [7, 11) is 0. The molecule has 0 radical (unpaired) electrons. The normalized spacial score (nSPS) is 10.2. The van der Waals surface area contributed by atoms with Crippen molar-refractivity contribution in [3.63, 3.8) is 0 Å². The van der Waals surface area contributed by atoms with Crippen molar-refractivity contribution in [2.45, 2.75) is 39.5 Å². The Morgan fingerprint density at radius 2 is 1.77 bits per heavy atom. The number of hydrogen-bond donors (Lipinski definition) is 0. The molecular formula is C21H24O. The van der Waals surface area contributed by atoms with Gasteiger partial charge in [0, 0.05) is 5.56 Å². The highest BCUT2D eigenvalue weighted by atomic mass is 16.5. The molecule has 2 aromatic rings. The lowest BCUT2D eigenvalue weighted by Gasteiger charge is -2.09. The second-order valence-electron chi connectivity index (χ2n) is 5.44. The van der Waals surface area contributed by atoms with Crippen LogP contribution in [0.4, 0.5) is 0 Å². The third kappa shape index (κ3) is 4.15. The van der Waals surface area contributed by atoms with Gasteiger partial charge in [-0.15, -0.1) is 6.42 Å². The number of hydrogen-bond acceptors (Lipinski definition) is 1. The number of rotatable bonds is 7. The lowest BCUT2D eigenvalue weighted by molar-refractivity contribution is 0.340. The van der Waals surface area contributed by atoms with Crippen molar-refractivity contribution in [1.29, 1.82) is 0 Å². The van der Waals surface area contributed by atoms with Crippen LogP contribution in [0, 0.1) is 12.3 Å². The topological polar surface area (TPSA) is 9.23 Å². The van der Waals surface area contributed by atoms with Crippen LogP contribution < -0.4 is 4.74 Å². The predicted octanol–water partition coefficient (Wildman–Crippen LogP) is 5.47. The Hall–Kier alpha value is -2.20. The largest absolute Gasteiger partial charge is 0.494 e. The SMILES string of the molecule is C#Cc1cc(CCCCC)ccc1-c1ccc(OCC)cc1. The Kier molecular flexibility index (Phi) is 6.10. The molecule has 22 heavy (non-hydrogen) atoms. The van der Waals surface area contributed by atoms with E-state index < -0.39 is 0 Å². The van der Waals surface area contributed by atoms with Gasteiger partial charge in [-0.1, -0.05) is 50.0 Å². The first-order valence-corrected chi connectivity index (χ1v) is 8.11. The summed E-state index contributed by atoms with van der Waals surface area (Å²) >= 11 is 0. The Balaban J connectivity index is 2.21. The maximum Gasteiger partial charge on any atom is 0.119 e. The summed E-state index contributed by atoms with van der Waals surface area (Å²) in [6.07, 6.45) is 10.6. The zero-order chi connectivity index (χ0) is 15.8. The smallest absolute Gasteiger partial charge is 0.119 e. The van der Waals surface area contributed by atoms with Crippen molar-refractivity contribution in [1.82, 2.24) is 0 Å². The van der Waals surface area contributed by atoms with Crippen LogP contribution in [0.1, 0.15) is 44.2 Å². The minimum absolute atomic E-state index is 0.682. The van der Waals surface area contributed by atoms with E-state index in [0.717, 1.165) is 28.9 Å². The minimum atomic E-state index is 0.682. The molecular weight excluding hydrogens is 268 g/mol. The van der Waals surface area contributed by atoms with Gasteiger partial charge in [0.1, 0.15) is 5.75 Å². The summed E-state index contributed by atoms with van der Waals surface area (Å²) in [5, 5.41) is 0. The van der Waals surface area contributed by atoms with Crippen molar-refractivity contribution in [3.8, 4) is 29.2 Å². The first kappa shape index (κ1) is 16.2. The number of unbranched alkanes of at least 4 members (excludes halogenated alkanes) is 2. The predicted molar refractivity (Wildman–Crippen MR) is 94.2 cm³/mol. The fourth-order valence-electron chi connectivity index (χ4n) is 2.59. The molecule has 0 heterocycles. The minimum Gasteiger partial charge on any atom is -0.494 e.